The molecule has 0 spiro atoms. The molecule has 0 amide bonds. The fourth-order valence-corrected chi connectivity index (χ4v) is 1.22. The van der Waals surface area contributed by atoms with Gasteiger partial charge < -0.3 is 4.74 Å². The lowest BCUT2D eigenvalue weighted by Crippen LogP contribution is -2.33. The minimum absolute atomic E-state index is 0.328. The van der Waals surface area contributed by atoms with E-state index < -0.39 is 0 Å². The van der Waals surface area contributed by atoms with Crippen LogP contribution in [0.2, 0.25) is 0 Å². The quantitative estimate of drug-likeness (QED) is 0.640. The van der Waals surface area contributed by atoms with Crippen LogP contribution in [0.4, 0.5) is 0 Å². The molecular formula is C11H18NO+. The van der Waals surface area contributed by atoms with E-state index in [0.717, 1.165) is 13.0 Å². The molecule has 0 saturated carbocycles. The van der Waals surface area contributed by atoms with Gasteiger partial charge in [0, 0.05) is 12.1 Å². The molecule has 0 bridgehead atoms. The summed E-state index contributed by atoms with van der Waals surface area (Å²) in [5.74, 6) is 0. The molecule has 0 N–H and O–H groups in total. The summed E-state index contributed by atoms with van der Waals surface area (Å²) in [4.78, 5) is 0. The second-order valence-corrected chi connectivity index (χ2v) is 3.47. The van der Waals surface area contributed by atoms with E-state index in [-0.39, 0.29) is 0 Å². The number of pyridine rings is 1. The van der Waals surface area contributed by atoms with Crippen LogP contribution < -0.4 is 4.57 Å². The fraction of sp³-hybridized carbons (Fsp3) is 0.545. The summed E-state index contributed by atoms with van der Waals surface area (Å²) in [7, 11) is 2.06. The van der Waals surface area contributed by atoms with Crippen LogP contribution in [0.15, 0.2) is 24.4 Å². The molecule has 1 heterocycles. The highest BCUT2D eigenvalue weighted by molar-refractivity contribution is 4.97. The smallest absolute Gasteiger partial charge is 0.183 e. The highest BCUT2D eigenvalue weighted by atomic mass is 16.5. The predicted molar refractivity (Wildman–Crippen MR) is 52.4 cm³/mol. The van der Waals surface area contributed by atoms with Crippen molar-refractivity contribution in [1.29, 1.82) is 0 Å². The lowest BCUT2D eigenvalue weighted by atomic mass is 10.3. The Balaban J connectivity index is 2.41. The summed E-state index contributed by atoms with van der Waals surface area (Å²) in [5, 5.41) is 0. The molecule has 1 rings (SSSR count). The molecule has 0 saturated heterocycles. The zero-order chi connectivity index (χ0) is 9.68. The topological polar surface area (TPSA) is 13.1 Å². The van der Waals surface area contributed by atoms with E-state index in [1.165, 1.54) is 5.69 Å². The lowest BCUT2D eigenvalue weighted by molar-refractivity contribution is -0.679. The fourth-order valence-electron chi connectivity index (χ4n) is 1.22. The van der Waals surface area contributed by atoms with E-state index in [9.17, 15) is 0 Å². The summed E-state index contributed by atoms with van der Waals surface area (Å²) in [6, 6.07) is 6.22. The first-order chi connectivity index (χ1) is 6.20. The Morgan fingerprint density at radius 2 is 2.15 bits per heavy atom. The van der Waals surface area contributed by atoms with Gasteiger partial charge in [-0.2, -0.15) is 0 Å². The molecule has 0 aliphatic carbocycles. The molecule has 13 heavy (non-hydrogen) atoms. The van der Waals surface area contributed by atoms with Gasteiger partial charge >= 0.3 is 0 Å². The van der Waals surface area contributed by atoms with E-state index in [0.29, 0.717) is 6.10 Å². The Morgan fingerprint density at radius 1 is 1.38 bits per heavy atom. The first-order valence-corrected chi connectivity index (χ1v) is 4.75. The molecule has 2 heteroatoms. The summed E-state index contributed by atoms with van der Waals surface area (Å²) in [6.45, 7) is 4.92. The zero-order valence-electron chi connectivity index (χ0n) is 8.66. The molecule has 0 atom stereocenters. The average Bonchev–Trinajstić information content (AvgIpc) is 2.08. The summed E-state index contributed by atoms with van der Waals surface area (Å²) in [6.07, 6.45) is 3.37. The van der Waals surface area contributed by atoms with Crippen molar-refractivity contribution in [2.75, 3.05) is 6.61 Å². The van der Waals surface area contributed by atoms with Crippen LogP contribution in [0.25, 0.3) is 0 Å². The van der Waals surface area contributed by atoms with E-state index in [1.807, 2.05) is 6.07 Å². The van der Waals surface area contributed by atoms with Crippen molar-refractivity contribution < 1.29 is 9.30 Å². The molecule has 0 aliphatic rings. The van der Waals surface area contributed by atoms with Gasteiger partial charge in [0.15, 0.2) is 11.9 Å². The maximum absolute atomic E-state index is 5.49. The van der Waals surface area contributed by atoms with Gasteiger partial charge in [0.2, 0.25) is 0 Å². The van der Waals surface area contributed by atoms with Crippen molar-refractivity contribution in [3.05, 3.63) is 30.1 Å². The first kappa shape index (κ1) is 10.2. The van der Waals surface area contributed by atoms with E-state index in [1.54, 1.807) is 0 Å². The van der Waals surface area contributed by atoms with Gasteiger partial charge in [-0.05, 0) is 13.8 Å². The van der Waals surface area contributed by atoms with Crippen LogP contribution >= 0.6 is 0 Å². The molecule has 0 aliphatic heterocycles. The van der Waals surface area contributed by atoms with E-state index in [2.05, 4.69) is 43.8 Å². The highest BCUT2D eigenvalue weighted by Crippen LogP contribution is 1.95. The van der Waals surface area contributed by atoms with Gasteiger partial charge in [-0.1, -0.05) is 6.07 Å². The Bertz CT molecular complexity index is 258. The predicted octanol–water partition coefficient (Wildman–Crippen LogP) is 1.48. The molecule has 0 unspecified atom stereocenters. The molecule has 2 nitrogen and oxygen atoms in total. The van der Waals surface area contributed by atoms with Crippen LogP contribution in [0.5, 0.6) is 0 Å². The number of ether oxygens (including phenoxy) is 1. The Labute approximate surface area is 80.2 Å². The number of nitrogens with zero attached hydrogens (tertiary/aromatic N) is 1. The zero-order valence-corrected chi connectivity index (χ0v) is 8.66. The molecule has 0 aromatic carbocycles. The SMILES string of the molecule is CC(C)OCCc1cccc[n+]1C. The Kier molecular flexibility index (Phi) is 3.90. The molecule has 1 aromatic rings. The third-order valence-electron chi connectivity index (χ3n) is 1.97. The second-order valence-electron chi connectivity index (χ2n) is 3.47. The standard InChI is InChI=1S/C11H18NO/c1-10(2)13-9-7-11-6-4-5-8-12(11)3/h4-6,8,10H,7,9H2,1-3H3/q+1. The second kappa shape index (κ2) is 4.97. The van der Waals surface area contributed by atoms with Crippen LogP contribution in [-0.2, 0) is 18.2 Å². The van der Waals surface area contributed by atoms with Crippen molar-refractivity contribution in [3.63, 3.8) is 0 Å². The molecule has 72 valence electrons. The molecule has 1 aromatic heterocycles. The molecule has 0 fully saturated rings. The average molecular weight is 180 g/mol. The van der Waals surface area contributed by atoms with E-state index in [4.69, 9.17) is 4.74 Å². The third kappa shape index (κ3) is 3.55. The minimum atomic E-state index is 0.328. The summed E-state index contributed by atoms with van der Waals surface area (Å²) in [5.41, 5.74) is 1.31. The molecule has 0 radical (unpaired) electrons. The number of hydrogen-bond donors (Lipinski definition) is 0. The summed E-state index contributed by atoms with van der Waals surface area (Å²) >= 11 is 0. The van der Waals surface area contributed by atoms with E-state index >= 15 is 0 Å². The Morgan fingerprint density at radius 3 is 2.77 bits per heavy atom. The monoisotopic (exact) mass is 180 g/mol. The van der Waals surface area contributed by atoms with Gasteiger partial charge in [-0.15, -0.1) is 0 Å². The maximum atomic E-state index is 5.49. The van der Waals surface area contributed by atoms with Crippen LogP contribution in [0, 0.1) is 0 Å². The van der Waals surface area contributed by atoms with Crippen LogP contribution in [0.1, 0.15) is 19.5 Å². The number of rotatable bonds is 4. The van der Waals surface area contributed by atoms with Crippen molar-refractivity contribution in [2.45, 2.75) is 26.4 Å². The first-order valence-electron chi connectivity index (χ1n) is 4.75. The highest BCUT2D eigenvalue weighted by Gasteiger charge is 2.04. The van der Waals surface area contributed by atoms with Crippen molar-refractivity contribution in [3.8, 4) is 0 Å². The molecular weight excluding hydrogens is 162 g/mol. The largest absolute Gasteiger partial charge is 0.378 e. The lowest BCUT2D eigenvalue weighted by Gasteiger charge is -2.05. The number of aromatic nitrogens is 1. The maximum Gasteiger partial charge on any atom is 0.183 e. The Hall–Kier alpha value is -0.890. The number of aryl methyl sites for hydroxylation is 1. The van der Waals surface area contributed by atoms with Gasteiger partial charge in [-0.25, -0.2) is 4.57 Å². The van der Waals surface area contributed by atoms with Gasteiger partial charge in [0.1, 0.15) is 7.05 Å². The van der Waals surface area contributed by atoms with Crippen molar-refractivity contribution in [1.82, 2.24) is 0 Å². The van der Waals surface area contributed by atoms with Gasteiger partial charge in [0.05, 0.1) is 19.1 Å². The van der Waals surface area contributed by atoms with Crippen molar-refractivity contribution >= 4 is 0 Å². The normalized spacial score (nSPS) is 10.8. The van der Waals surface area contributed by atoms with Gasteiger partial charge in [-0.3, -0.25) is 0 Å². The van der Waals surface area contributed by atoms with Crippen LogP contribution in [0.3, 0.4) is 0 Å². The minimum Gasteiger partial charge on any atom is -0.378 e. The third-order valence-corrected chi connectivity index (χ3v) is 1.97. The summed E-state index contributed by atoms with van der Waals surface area (Å²) < 4.78 is 7.62. The van der Waals surface area contributed by atoms with Gasteiger partial charge in [0.25, 0.3) is 0 Å². The number of hydrogen-bond acceptors (Lipinski definition) is 1. The van der Waals surface area contributed by atoms with Crippen LogP contribution in [-0.4, -0.2) is 12.7 Å². The van der Waals surface area contributed by atoms with Crippen molar-refractivity contribution in [2.24, 2.45) is 7.05 Å².